The number of rotatable bonds is 3. The topological polar surface area (TPSA) is 95.0 Å². The number of aliphatic hydroxyl groups excluding tert-OH is 1. The van der Waals surface area contributed by atoms with Crippen molar-refractivity contribution in [3.05, 3.63) is 17.3 Å². The van der Waals surface area contributed by atoms with E-state index in [2.05, 4.69) is 20.1 Å². The lowest BCUT2D eigenvalue weighted by molar-refractivity contribution is -0.139. The zero-order valence-corrected chi connectivity index (χ0v) is 18.0. The zero-order valence-electron chi connectivity index (χ0n) is 17.3. The highest BCUT2D eigenvalue weighted by Gasteiger charge is 2.51. The first-order chi connectivity index (χ1) is 14.4. The molecule has 1 saturated carbocycles. The molecule has 4 rings (SSSR count). The molecule has 3 fully saturated rings. The predicted octanol–water partition coefficient (Wildman–Crippen LogP) is 2.58. The molecule has 2 aliphatic heterocycles. The largest absolute Gasteiger partial charge is 0.412 e. The van der Waals surface area contributed by atoms with Crippen LogP contribution in [0.25, 0.3) is 0 Å². The first-order valence-corrected chi connectivity index (χ1v) is 11.1. The summed E-state index contributed by atoms with van der Waals surface area (Å²) in [6.45, 7) is 2.17. The molecule has 164 valence electrons. The highest BCUT2D eigenvalue weighted by molar-refractivity contribution is 6.33. The summed E-state index contributed by atoms with van der Waals surface area (Å²) in [5.74, 6) is 1.13. The fourth-order valence-corrected chi connectivity index (χ4v) is 5.39. The van der Waals surface area contributed by atoms with Gasteiger partial charge in [0.15, 0.2) is 5.75 Å². The van der Waals surface area contributed by atoms with Gasteiger partial charge in [0, 0.05) is 38.8 Å². The maximum Gasteiger partial charge on any atom is 0.412 e. The van der Waals surface area contributed by atoms with Crippen molar-refractivity contribution in [1.82, 2.24) is 15.2 Å². The number of hydrogen-bond acceptors (Lipinski definition) is 6. The third-order valence-electron chi connectivity index (χ3n) is 6.74. The number of hydrogen-bond donors (Lipinski definition) is 2. The zero-order chi connectivity index (χ0) is 21.3. The number of carbonyl (C=O) groups excluding carboxylic acids is 2. The Kier molecular flexibility index (Phi) is 6.06. The Morgan fingerprint density at radius 2 is 2.07 bits per heavy atom. The van der Waals surface area contributed by atoms with Crippen molar-refractivity contribution in [2.75, 3.05) is 31.6 Å². The fourth-order valence-electron chi connectivity index (χ4n) is 5.12. The van der Waals surface area contributed by atoms with Gasteiger partial charge in [0.2, 0.25) is 5.91 Å². The Morgan fingerprint density at radius 3 is 2.77 bits per heavy atom. The summed E-state index contributed by atoms with van der Waals surface area (Å²) in [7, 11) is 1.48. The Hall–Kier alpha value is -2.06. The van der Waals surface area contributed by atoms with E-state index in [1.807, 2.05) is 0 Å². The van der Waals surface area contributed by atoms with E-state index in [0.29, 0.717) is 17.4 Å². The Bertz CT molecular complexity index is 814. The van der Waals surface area contributed by atoms with Gasteiger partial charge in [-0.15, -0.1) is 0 Å². The minimum Gasteiger partial charge on any atom is -0.409 e. The molecule has 8 nitrogen and oxygen atoms in total. The van der Waals surface area contributed by atoms with Crippen LogP contribution in [0.1, 0.15) is 44.9 Å². The van der Waals surface area contributed by atoms with E-state index < -0.39 is 11.5 Å². The molecule has 3 aliphatic rings. The summed E-state index contributed by atoms with van der Waals surface area (Å²) in [4.78, 5) is 33.4. The van der Waals surface area contributed by atoms with Crippen molar-refractivity contribution in [2.24, 2.45) is 5.41 Å². The van der Waals surface area contributed by atoms with Crippen molar-refractivity contribution >= 4 is 29.4 Å². The second kappa shape index (κ2) is 8.59. The molecule has 0 bridgehead atoms. The summed E-state index contributed by atoms with van der Waals surface area (Å²) >= 11 is 6.45. The van der Waals surface area contributed by atoms with Gasteiger partial charge in [0.05, 0.1) is 22.7 Å². The smallest absolute Gasteiger partial charge is 0.409 e. The molecular formula is C21H29ClN4O4. The lowest BCUT2D eigenvalue weighted by atomic mass is 9.78. The van der Waals surface area contributed by atoms with Crippen molar-refractivity contribution in [2.45, 2.75) is 57.1 Å². The third kappa shape index (κ3) is 4.07. The lowest BCUT2D eigenvalue weighted by Gasteiger charge is -2.41. The molecular weight excluding hydrogens is 408 g/mol. The highest BCUT2D eigenvalue weighted by Crippen LogP contribution is 2.44. The monoisotopic (exact) mass is 436 g/mol. The van der Waals surface area contributed by atoms with Gasteiger partial charge in [-0.1, -0.05) is 11.6 Å². The molecule has 1 aliphatic carbocycles. The SMILES string of the molecule is CNC(=O)Oc1cnc(N2CCCC3(CCN(C4CCC(O)CC4)C3=O)C2)c(Cl)c1. The van der Waals surface area contributed by atoms with Crippen LogP contribution in [0, 0.1) is 5.41 Å². The number of likely N-dealkylation sites (tertiary alicyclic amines) is 1. The van der Waals surface area contributed by atoms with Gasteiger partial charge in [-0.05, 0) is 44.9 Å². The number of aromatic nitrogens is 1. The van der Waals surface area contributed by atoms with Crippen molar-refractivity contribution in [3.63, 3.8) is 0 Å². The van der Waals surface area contributed by atoms with Gasteiger partial charge >= 0.3 is 6.09 Å². The van der Waals surface area contributed by atoms with Crippen LogP contribution in [0.3, 0.4) is 0 Å². The summed E-state index contributed by atoms with van der Waals surface area (Å²) in [5.41, 5.74) is -0.392. The molecule has 1 atom stereocenters. The fraction of sp³-hybridized carbons (Fsp3) is 0.667. The normalized spacial score (nSPS) is 29.4. The number of ether oxygens (including phenoxy) is 1. The second-order valence-corrected chi connectivity index (χ2v) is 9.04. The maximum absolute atomic E-state index is 13.5. The van der Waals surface area contributed by atoms with E-state index in [-0.39, 0.29) is 23.8 Å². The van der Waals surface area contributed by atoms with Crippen molar-refractivity contribution in [3.8, 4) is 5.75 Å². The van der Waals surface area contributed by atoms with E-state index in [1.54, 1.807) is 6.07 Å². The molecule has 1 spiro atoms. The first-order valence-electron chi connectivity index (χ1n) is 10.7. The van der Waals surface area contributed by atoms with Gasteiger partial charge in [-0.3, -0.25) is 4.79 Å². The van der Waals surface area contributed by atoms with Crippen LogP contribution in [0.4, 0.5) is 10.6 Å². The quantitative estimate of drug-likeness (QED) is 0.756. The van der Waals surface area contributed by atoms with Gasteiger partial charge in [-0.25, -0.2) is 9.78 Å². The number of piperidine rings is 1. The summed E-state index contributed by atoms with van der Waals surface area (Å²) < 4.78 is 5.09. The molecule has 1 aromatic rings. The Labute approximate surface area is 181 Å². The van der Waals surface area contributed by atoms with E-state index in [0.717, 1.165) is 58.0 Å². The molecule has 0 aromatic carbocycles. The molecule has 0 radical (unpaired) electrons. The lowest BCUT2D eigenvalue weighted by Crippen LogP contribution is -2.50. The third-order valence-corrected chi connectivity index (χ3v) is 7.02. The van der Waals surface area contributed by atoms with E-state index in [4.69, 9.17) is 16.3 Å². The minimum absolute atomic E-state index is 0.221. The first kappa shape index (κ1) is 21.2. The standard InChI is InChI=1S/C21H29ClN4O4/c1-23-20(29)30-16-11-17(22)18(24-12-16)25-9-2-7-21(13-25)8-10-26(19(21)28)14-3-5-15(27)6-4-14/h11-12,14-15,27H,2-10,13H2,1H3,(H,23,29). The van der Waals surface area contributed by atoms with Crippen LogP contribution in [0.2, 0.25) is 5.02 Å². The number of pyridine rings is 1. The van der Waals surface area contributed by atoms with Crippen LogP contribution >= 0.6 is 11.6 Å². The molecule has 2 amide bonds. The van der Waals surface area contributed by atoms with Gasteiger partial charge in [0.1, 0.15) is 5.82 Å². The average Bonchev–Trinajstić information content (AvgIpc) is 3.04. The number of aliphatic hydroxyl groups is 1. The number of nitrogens with zero attached hydrogens (tertiary/aromatic N) is 3. The molecule has 1 unspecified atom stereocenters. The Balaban J connectivity index is 1.47. The second-order valence-electron chi connectivity index (χ2n) is 8.63. The minimum atomic E-state index is -0.579. The van der Waals surface area contributed by atoms with Crippen LogP contribution < -0.4 is 15.0 Å². The van der Waals surface area contributed by atoms with E-state index in [9.17, 15) is 14.7 Å². The van der Waals surface area contributed by atoms with Crippen molar-refractivity contribution in [1.29, 1.82) is 0 Å². The van der Waals surface area contributed by atoms with Gasteiger partial charge in [-0.2, -0.15) is 0 Å². The molecule has 9 heteroatoms. The number of nitrogens with one attached hydrogen (secondary N) is 1. The van der Waals surface area contributed by atoms with Crippen LogP contribution in [-0.2, 0) is 4.79 Å². The highest BCUT2D eigenvalue weighted by atomic mass is 35.5. The van der Waals surface area contributed by atoms with Gasteiger partial charge < -0.3 is 25.0 Å². The van der Waals surface area contributed by atoms with Crippen LogP contribution in [-0.4, -0.2) is 65.8 Å². The van der Waals surface area contributed by atoms with E-state index >= 15 is 0 Å². The molecule has 1 aromatic heterocycles. The number of amides is 2. The number of halogens is 1. The maximum atomic E-state index is 13.5. The average molecular weight is 437 g/mol. The van der Waals surface area contributed by atoms with Crippen LogP contribution in [0.5, 0.6) is 5.75 Å². The summed E-state index contributed by atoms with van der Waals surface area (Å²) in [5, 5.41) is 12.6. The van der Waals surface area contributed by atoms with Crippen molar-refractivity contribution < 1.29 is 19.4 Å². The summed E-state index contributed by atoms with van der Waals surface area (Å²) in [6, 6.07) is 1.83. The summed E-state index contributed by atoms with van der Waals surface area (Å²) in [6.07, 6.45) is 6.62. The predicted molar refractivity (Wildman–Crippen MR) is 113 cm³/mol. The molecule has 2 saturated heterocycles. The van der Waals surface area contributed by atoms with Crippen LogP contribution in [0.15, 0.2) is 12.3 Å². The Morgan fingerprint density at radius 1 is 1.30 bits per heavy atom. The molecule has 30 heavy (non-hydrogen) atoms. The number of anilines is 1. The molecule has 2 N–H and O–H groups in total. The van der Waals surface area contributed by atoms with Gasteiger partial charge in [0.25, 0.3) is 0 Å². The number of carbonyl (C=O) groups is 2. The molecule has 3 heterocycles. The van der Waals surface area contributed by atoms with E-state index in [1.165, 1.54) is 13.2 Å².